The molecule has 2 aromatic heterocycles. The lowest BCUT2D eigenvalue weighted by Crippen LogP contribution is -2.36. The smallest absolute Gasteiger partial charge is 0.419 e. The first-order valence-corrected chi connectivity index (χ1v) is 15.6. The van der Waals surface area contributed by atoms with Crippen LogP contribution in [0.3, 0.4) is 0 Å². The maximum atomic E-state index is 14.0. The molecule has 4 heterocycles. The summed E-state index contributed by atoms with van der Waals surface area (Å²) in [5.41, 5.74) is -0.420. The highest BCUT2D eigenvalue weighted by Gasteiger charge is 2.35. The highest BCUT2D eigenvalue weighted by molar-refractivity contribution is 7.16. The Morgan fingerprint density at radius 3 is 2.53 bits per heavy atom. The zero-order chi connectivity index (χ0) is 32.1. The fourth-order valence-electron chi connectivity index (χ4n) is 5.53. The van der Waals surface area contributed by atoms with Crippen LogP contribution in [0.1, 0.15) is 60.0 Å². The summed E-state index contributed by atoms with van der Waals surface area (Å²) < 4.78 is 59.8. The van der Waals surface area contributed by atoms with Gasteiger partial charge in [-0.25, -0.2) is 15.0 Å². The molecule has 0 saturated carbocycles. The van der Waals surface area contributed by atoms with E-state index in [0.717, 1.165) is 25.5 Å². The summed E-state index contributed by atoms with van der Waals surface area (Å²) in [4.78, 5) is 42.3. The van der Waals surface area contributed by atoms with E-state index < -0.39 is 30.3 Å². The van der Waals surface area contributed by atoms with Gasteiger partial charge in [0.15, 0.2) is 5.13 Å². The third-order valence-electron chi connectivity index (χ3n) is 8.09. The van der Waals surface area contributed by atoms with Crippen LogP contribution in [0.4, 0.5) is 28.5 Å². The number of carbonyl (C=O) groups is 2. The van der Waals surface area contributed by atoms with E-state index in [1.165, 1.54) is 35.9 Å². The number of carbonyl (C=O) groups excluding carboxylic acids is 1. The van der Waals surface area contributed by atoms with Crippen LogP contribution in [0.2, 0.25) is 0 Å². The number of benzene rings is 1. The number of nitrogens with zero attached hydrogens (tertiary/aromatic N) is 5. The Kier molecular flexibility index (Phi) is 10.2. The fraction of sp³-hybridized carbons (Fsp3) is 0.500. The van der Waals surface area contributed by atoms with Gasteiger partial charge in [-0.3, -0.25) is 24.2 Å². The molecule has 0 radical (unpaired) electrons. The summed E-state index contributed by atoms with van der Waals surface area (Å²) in [7, 11) is 0. The lowest BCUT2D eigenvalue weighted by atomic mass is 9.97. The van der Waals surface area contributed by atoms with Gasteiger partial charge in [0.05, 0.1) is 42.9 Å². The van der Waals surface area contributed by atoms with E-state index in [1.54, 1.807) is 0 Å². The molecule has 45 heavy (non-hydrogen) atoms. The molecule has 1 atom stereocenters. The second-order valence-corrected chi connectivity index (χ2v) is 12.2. The van der Waals surface area contributed by atoms with Crippen LogP contribution in [-0.4, -0.2) is 75.8 Å². The van der Waals surface area contributed by atoms with Crippen LogP contribution in [0.5, 0.6) is 5.75 Å². The Balaban J connectivity index is 1.37. The summed E-state index contributed by atoms with van der Waals surface area (Å²) in [5.74, 6) is -1.63. The number of rotatable bonds is 11. The second kappa shape index (κ2) is 14.1. The molecule has 5 rings (SSSR count). The van der Waals surface area contributed by atoms with Crippen LogP contribution < -0.4 is 15.0 Å². The number of amides is 1. The average Bonchev–Trinajstić information content (AvgIpc) is 3.62. The van der Waals surface area contributed by atoms with Gasteiger partial charge in [0.1, 0.15) is 17.3 Å². The van der Waals surface area contributed by atoms with Gasteiger partial charge in [-0.2, -0.15) is 13.2 Å². The topological polar surface area (TPSA) is 121 Å². The fourth-order valence-corrected chi connectivity index (χ4v) is 6.53. The molecular weight excluding hydrogens is 616 g/mol. The van der Waals surface area contributed by atoms with Crippen molar-refractivity contribution >= 4 is 34.2 Å². The van der Waals surface area contributed by atoms with Crippen molar-refractivity contribution in [2.75, 3.05) is 43.1 Å². The molecule has 1 amide bonds. The quantitative estimate of drug-likeness (QED) is 0.193. The Morgan fingerprint density at radius 1 is 1.13 bits per heavy atom. The molecule has 0 aliphatic carbocycles. The van der Waals surface area contributed by atoms with E-state index in [-0.39, 0.29) is 41.1 Å². The summed E-state index contributed by atoms with van der Waals surface area (Å²) in [6.07, 6.45) is 1.04. The van der Waals surface area contributed by atoms with E-state index in [2.05, 4.69) is 32.1 Å². The third kappa shape index (κ3) is 7.87. The van der Waals surface area contributed by atoms with Gasteiger partial charge in [0.2, 0.25) is 0 Å². The minimum absolute atomic E-state index is 0.0229. The van der Waals surface area contributed by atoms with Gasteiger partial charge >= 0.3 is 12.1 Å². The monoisotopic (exact) mass is 650 g/mol. The Hall–Kier alpha value is -3.85. The second-order valence-electron chi connectivity index (χ2n) is 11.2. The number of ether oxygens (including phenoxy) is 1. The lowest BCUT2D eigenvalue weighted by Gasteiger charge is -2.30. The highest BCUT2D eigenvalue weighted by atomic mass is 32.1. The number of thiazole rings is 1. The number of aromatic nitrogens is 3. The minimum atomic E-state index is -4.71. The Bertz CT molecular complexity index is 1490. The highest BCUT2D eigenvalue weighted by Crippen LogP contribution is 2.41. The molecule has 2 fully saturated rings. The predicted octanol–water partition coefficient (Wildman–Crippen LogP) is 5.89. The molecule has 0 spiro atoms. The number of carboxylic acids is 1. The molecule has 2 aliphatic rings. The first kappa shape index (κ1) is 32.5. The standard InChI is InChI=1S/C30H34F4N6O4S/c1-18-4-2-10-40(18)17-24-26(20-5-6-23(44-13-3-9-31)21(14-20)30(32,33)34)37-29(45-24)38-27(41)22-15-36-25(16-35-22)39-11-7-19(8-12-39)28(42)43/h5-6,14-16,18-19H,2-4,7-13,17H2,1H3,(H,42,43)(H,37,38,41)/t18-/m1/s1. The van der Waals surface area contributed by atoms with Crippen molar-refractivity contribution in [3.8, 4) is 17.0 Å². The molecule has 0 bridgehead atoms. The minimum Gasteiger partial charge on any atom is -0.493 e. The van der Waals surface area contributed by atoms with Crippen molar-refractivity contribution < 1.29 is 37.0 Å². The molecule has 2 N–H and O–H groups in total. The van der Waals surface area contributed by atoms with Gasteiger partial charge in [0.25, 0.3) is 5.91 Å². The van der Waals surface area contributed by atoms with Crippen molar-refractivity contribution in [2.24, 2.45) is 5.92 Å². The van der Waals surface area contributed by atoms with E-state index in [9.17, 15) is 32.3 Å². The van der Waals surface area contributed by atoms with Crippen molar-refractivity contribution in [3.05, 3.63) is 46.7 Å². The number of anilines is 2. The average molecular weight is 651 g/mol. The summed E-state index contributed by atoms with van der Waals surface area (Å²) in [6, 6.07) is 3.98. The number of halogens is 4. The molecular formula is C30H34F4N6O4S. The first-order chi connectivity index (χ1) is 21.5. The maximum Gasteiger partial charge on any atom is 0.419 e. The van der Waals surface area contributed by atoms with Crippen molar-refractivity contribution in [1.82, 2.24) is 19.9 Å². The number of aliphatic carboxylic acids is 1. The summed E-state index contributed by atoms with van der Waals surface area (Å²) >= 11 is 1.19. The van der Waals surface area contributed by atoms with Crippen LogP contribution in [-0.2, 0) is 17.5 Å². The summed E-state index contributed by atoms with van der Waals surface area (Å²) in [5, 5.41) is 12.1. The van der Waals surface area contributed by atoms with Crippen molar-refractivity contribution in [1.29, 1.82) is 0 Å². The van der Waals surface area contributed by atoms with Gasteiger partial charge in [-0.15, -0.1) is 0 Å². The number of hydrogen-bond acceptors (Lipinski definition) is 9. The Morgan fingerprint density at radius 2 is 1.91 bits per heavy atom. The van der Waals surface area contributed by atoms with Crippen LogP contribution >= 0.6 is 11.3 Å². The van der Waals surface area contributed by atoms with Crippen molar-refractivity contribution in [2.45, 2.75) is 57.8 Å². The zero-order valence-corrected chi connectivity index (χ0v) is 25.5. The van der Waals surface area contributed by atoms with E-state index in [1.807, 2.05) is 4.90 Å². The predicted molar refractivity (Wildman–Crippen MR) is 160 cm³/mol. The largest absolute Gasteiger partial charge is 0.493 e. The number of hydrogen-bond donors (Lipinski definition) is 2. The molecule has 3 aromatic rings. The van der Waals surface area contributed by atoms with Crippen LogP contribution in [0.15, 0.2) is 30.6 Å². The van der Waals surface area contributed by atoms with Gasteiger partial charge in [0, 0.05) is 42.5 Å². The SMILES string of the molecule is C[C@@H]1CCCN1Cc1sc(NC(=O)c2cnc(N3CCC(C(=O)O)CC3)cn2)nc1-c1ccc(OCCCF)c(C(F)(F)F)c1. The van der Waals surface area contributed by atoms with E-state index in [0.29, 0.717) is 54.9 Å². The normalized spacial score (nSPS) is 17.9. The first-order valence-electron chi connectivity index (χ1n) is 14.8. The molecule has 2 aliphatic heterocycles. The van der Waals surface area contributed by atoms with Crippen LogP contribution in [0, 0.1) is 5.92 Å². The molecule has 15 heteroatoms. The number of piperidine rings is 1. The lowest BCUT2D eigenvalue weighted by molar-refractivity contribution is -0.142. The van der Waals surface area contributed by atoms with E-state index >= 15 is 0 Å². The number of carboxylic acid groups (broad SMARTS) is 1. The number of likely N-dealkylation sites (tertiary alicyclic amines) is 1. The van der Waals surface area contributed by atoms with E-state index in [4.69, 9.17) is 4.74 Å². The molecule has 0 unspecified atom stereocenters. The third-order valence-corrected chi connectivity index (χ3v) is 9.04. The summed E-state index contributed by atoms with van der Waals surface area (Å²) in [6.45, 7) is 3.53. The molecule has 10 nitrogen and oxygen atoms in total. The molecule has 1 aromatic carbocycles. The zero-order valence-electron chi connectivity index (χ0n) is 24.6. The maximum absolute atomic E-state index is 14.0. The van der Waals surface area contributed by atoms with Crippen molar-refractivity contribution in [3.63, 3.8) is 0 Å². The van der Waals surface area contributed by atoms with Gasteiger partial charge in [-0.05, 0) is 57.4 Å². The molecule has 242 valence electrons. The molecule has 2 saturated heterocycles. The number of alkyl halides is 4. The number of nitrogens with one attached hydrogen (secondary N) is 1. The Labute approximate surface area is 261 Å². The van der Waals surface area contributed by atoms with Gasteiger partial charge in [-0.1, -0.05) is 11.3 Å². The van der Waals surface area contributed by atoms with Gasteiger partial charge < -0.3 is 14.7 Å². The van der Waals surface area contributed by atoms with Crippen LogP contribution in [0.25, 0.3) is 11.3 Å².